The molecule has 0 aliphatic heterocycles. The third-order valence-electron chi connectivity index (χ3n) is 2.75. The van der Waals surface area contributed by atoms with Crippen LogP contribution in [0, 0.1) is 0 Å². The summed E-state index contributed by atoms with van der Waals surface area (Å²) in [6.45, 7) is 3.94. The lowest BCUT2D eigenvalue weighted by atomic mass is 10.2. The van der Waals surface area contributed by atoms with Crippen LogP contribution in [0.3, 0.4) is 0 Å². The van der Waals surface area contributed by atoms with E-state index in [0.29, 0.717) is 16.6 Å². The summed E-state index contributed by atoms with van der Waals surface area (Å²) in [7, 11) is -1.94. The van der Waals surface area contributed by atoms with Crippen molar-refractivity contribution >= 4 is 26.0 Å². The molecule has 0 saturated carbocycles. The molecule has 0 fully saturated rings. The van der Waals surface area contributed by atoms with Gasteiger partial charge in [0.25, 0.3) is 0 Å². The van der Waals surface area contributed by atoms with E-state index >= 15 is 0 Å². The standard InChI is InChI=1S/C13H18BrNO3S/c1-3-4-5-8-15(2)19(17,18)13-7-6-11(10-16)9-12(13)14/h3,6-7,9,16H,1,4-5,8,10H2,2H3. The summed E-state index contributed by atoms with van der Waals surface area (Å²) in [4.78, 5) is 0.214. The Labute approximate surface area is 122 Å². The highest BCUT2D eigenvalue weighted by Gasteiger charge is 2.22. The first-order chi connectivity index (χ1) is 8.93. The zero-order valence-electron chi connectivity index (χ0n) is 10.8. The van der Waals surface area contributed by atoms with Gasteiger partial charge in [-0.2, -0.15) is 0 Å². The quantitative estimate of drug-likeness (QED) is 0.609. The van der Waals surface area contributed by atoms with Gasteiger partial charge in [0.2, 0.25) is 10.0 Å². The first kappa shape index (κ1) is 16.4. The lowest BCUT2D eigenvalue weighted by Crippen LogP contribution is -2.28. The third-order valence-corrected chi connectivity index (χ3v) is 5.58. The fourth-order valence-corrected chi connectivity index (χ4v) is 3.89. The van der Waals surface area contributed by atoms with Crippen molar-refractivity contribution in [1.82, 2.24) is 4.31 Å². The molecule has 0 spiro atoms. The van der Waals surface area contributed by atoms with Gasteiger partial charge in [-0.05, 0) is 46.5 Å². The molecule has 1 aromatic rings. The number of hydrogen-bond donors (Lipinski definition) is 1. The fourth-order valence-electron chi connectivity index (χ4n) is 1.60. The second-order valence-corrected chi connectivity index (χ2v) is 7.05. The van der Waals surface area contributed by atoms with Gasteiger partial charge in [0.05, 0.1) is 11.5 Å². The van der Waals surface area contributed by atoms with E-state index in [-0.39, 0.29) is 11.5 Å². The van der Waals surface area contributed by atoms with E-state index in [1.54, 1.807) is 25.3 Å². The van der Waals surface area contributed by atoms with E-state index in [4.69, 9.17) is 5.11 Å². The summed E-state index contributed by atoms with van der Waals surface area (Å²) >= 11 is 3.24. The molecule has 0 atom stereocenters. The Morgan fingerprint density at radius 3 is 2.68 bits per heavy atom. The second-order valence-electron chi connectivity index (χ2n) is 4.18. The summed E-state index contributed by atoms with van der Waals surface area (Å²) in [6.07, 6.45) is 3.29. The van der Waals surface area contributed by atoms with Crippen LogP contribution in [0.4, 0.5) is 0 Å². The molecule has 0 saturated heterocycles. The molecule has 1 N–H and O–H groups in total. The zero-order valence-corrected chi connectivity index (χ0v) is 13.2. The average Bonchev–Trinajstić information content (AvgIpc) is 2.38. The van der Waals surface area contributed by atoms with Crippen molar-refractivity contribution in [2.24, 2.45) is 0 Å². The van der Waals surface area contributed by atoms with Crippen molar-refractivity contribution in [3.05, 3.63) is 40.9 Å². The number of nitrogens with zero attached hydrogens (tertiary/aromatic N) is 1. The molecule has 0 aliphatic carbocycles. The Balaban J connectivity index is 2.96. The van der Waals surface area contributed by atoms with E-state index in [9.17, 15) is 8.42 Å². The SMILES string of the molecule is C=CCCCN(C)S(=O)(=O)c1ccc(CO)cc1Br. The molecule has 0 aliphatic rings. The average molecular weight is 348 g/mol. The molecule has 1 rings (SSSR count). The Bertz CT molecular complexity index is 543. The number of unbranched alkanes of at least 4 members (excludes halogenated alkanes) is 1. The second kappa shape index (κ2) is 7.19. The molecule has 0 unspecified atom stereocenters. The first-order valence-electron chi connectivity index (χ1n) is 5.90. The Hall–Kier alpha value is -0.690. The maximum Gasteiger partial charge on any atom is 0.243 e. The molecule has 4 nitrogen and oxygen atoms in total. The van der Waals surface area contributed by atoms with E-state index < -0.39 is 10.0 Å². The van der Waals surface area contributed by atoms with Gasteiger partial charge >= 0.3 is 0 Å². The molecule has 0 heterocycles. The van der Waals surface area contributed by atoms with Crippen LogP contribution in [-0.4, -0.2) is 31.4 Å². The highest BCUT2D eigenvalue weighted by Crippen LogP contribution is 2.25. The first-order valence-corrected chi connectivity index (χ1v) is 8.13. The van der Waals surface area contributed by atoms with Crippen LogP contribution in [0.2, 0.25) is 0 Å². The predicted molar refractivity (Wildman–Crippen MR) is 79.3 cm³/mol. The van der Waals surface area contributed by atoms with Crippen LogP contribution < -0.4 is 0 Å². The Morgan fingerprint density at radius 2 is 2.16 bits per heavy atom. The van der Waals surface area contributed by atoms with Crippen molar-refractivity contribution in [3.8, 4) is 0 Å². The van der Waals surface area contributed by atoms with Gasteiger partial charge in [0, 0.05) is 18.1 Å². The van der Waals surface area contributed by atoms with Gasteiger partial charge < -0.3 is 5.11 Å². The van der Waals surface area contributed by atoms with Gasteiger partial charge in [-0.15, -0.1) is 6.58 Å². The number of aliphatic hydroxyl groups is 1. The van der Waals surface area contributed by atoms with Crippen molar-refractivity contribution in [2.75, 3.05) is 13.6 Å². The minimum atomic E-state index is -3.50. The number of hydrogen-bond acceptors (Lipinski definition) is 3. The van der Waals surface area contributed by atoms with Crippen LogP contribution in [0.5, 0.6) is 0 Å². The van der Waals surface area contributed by atoms with Crippen LogP contribution in [-0.2, 0) is 16.6 Å². The lowest BCUT2D eigenvalue weighted by Gasteiger charge is -2.18. The smallest absolute Gasteiger partial charge is 0.243 e. The Morgan fingerprint density at radius 1 is 1.47 bits per heavy atom. The van der Waals surface area contributed by atoms with Crippen LogP contribution in [0.15, 0.2) is 40.2 Å². The molecule has 19 heavy (non-hydrogen) atoms. The summed E-state index contributed by atoms with van der Waals surface area (Å²) in [5.41, 5.74) is 0.667. The number of rotatable bonds is 7. The third kappa shape index (κ3) is 4.14. The molecular weight excluding hydrogens is 330 g/mol. The summed E-state index contributed by atoms with van der Waals surface area (Å²) in [6, 6.07) is 4.73. The summed E-state index contributed by atoms with van der Waals surface area (Å²) in [5.74, 6) is 0. The largest absolute Gasteiger partial charge is 0.392 e. The molecule has 0 bridgehead atoms. The molecular formula is C13H18BrNO3S. The van der Waals surface area contributed by atoms with Crippen LogP contribution >= 0.6 is 15.9 Å². The van der Waals surface area contributed by atoms with Crippen molar-refractivity contribution in [1.29, 1.82) is 0 Å². The highest BCUT2D eigenvalue weighted by molar-refractivity contribution is 9.10. The molecule has 106 valence electrons. The molecule has 0 amide bonds. The monoisotopic (exact) mass is 347 g/mol. The van der Waals surface area contributed by atoms with E-state index in [0.717, 1.165) is 12.8 Å². The number of sulfonamides is 1. The molecule has 6 heteroatoms. The van der Waals surface area contributed by atoms with Gasteiger partial charge in [0.1, 0.15) is 0 Å². The van der Waals surface area contributed by atoms with Gasteiger partial charge in [-0.25, -0.2) is 12.7 Å². The van der Waals surface area contributed by atoms with Crippen molar-refractivity contribution in [3.63, 3.8) is 0 Å². The summed E-state index contributed by atoms with van der Waals surface area (Å²) < 4.78 is 26.5. The number of halogens is 1. The molecule has 0 aromatic heterocycles. The summed E-state index contributed by atoms with van der Waals surface area (Å²) in [5, 5.41) is 9.02. The normalized spacial score (nSPS) is 11.8. The van der Waals surface area contributed by atoms with Crippen molar-refractivity contribution < 1.29 is 13.5 Å². The van der Waals surface area contributed by atoms with Crippen LogP contribution in [0.25, 0.3) is 0 Å². The van der Waals surface area contributed by atoms with Gasteiger partial charge in [-0.3, -0.25) is 0 Å². The zero-order chi connectivity index (χ0) is 14.5. The van der Waals surface area contributed by atoms with Crippen molar-refractivity contribution in [2.45, 2.75) is 24.3 Å². The van der Waals surface area contributed by atoms with Gasteiger partial charge in [-0.1, -0.05) is 12.1 Å². The Kier molecular flexibility index (Phi) is 6.19. The minimum Gasteiger partial charge on any atom is -0.392 e. The topological polar surface area (TPSA) is 57.6 Å². The van der Waals surface area contributed by atoms with E-state index in [2.05, 4.69) is 22.5 Å². The number of aliphatic hydroxyl groups excluding tert-OH is 1. The highest BCUT2D eigenvalue weighted by atomic mass is 79.9. The van der Waals surface area contributed by atoms with E-state index in [1.165, 1.54) is 10.4 Å². The predicted octanol–water partition coefficient (Wildman–Crippen LogP) is 2.53. The van der Waals surface area contributed by atoms with E-state index in [1.807, 2.05) is 0 Å². The van der Waals surface area contributed by atoms with Gasteiger partial charge in [0.15, 0.2) is 0 Å². The van der Waals surface area contributed by atoms with Crippen LogP contribution in [0.1, 0.15) is 18.4 Å². The molecule has 1 aromatic carbocycles. The molecule has 0 radical (unpaired) electrons. The lowest BCUT2D eigenvalue weighted by molar-refractivity contribution is 0.281. The maximum absolute atomic E-state index is 12.4. The number of benzene rings is 1. The minimum absolute atomic E-state index is 0.117. The fraction of sp³-hybridized carbons (Fsp3) is 0.385. The maximum atomic E-state index is 12.4. The number of allylic oxidation sites excluding steroid dienone is 1.